The largest absolute Gasteiger partial charge is 0.497 e. The average molecular weight is 526 g/mol. The third kappa shape index (κ3) is 5.29. The molecule has 1 amide bonds. The molecule has 0 N–H and O–H groups in total. The fraction of sp³-hybridized carbons (Fsp3) is 0.333. The minimum atomic E-state index is -0.569. The summed E-state index contributed by atoms with van der Waals surface area (Å²) in [6, 6.07) is 18.8. The third-order valence-corrected chi connectivity index (χ3v) is 7.35. The first-order valence-corrected chi connectivity index (χ1v) is 13.5. The average Bonchev–Trinajstić information content (AvgIpc) is 3.19. The molecule has 1 aliphatic rings. The molecular formula is C33H35NO5. The number of rotatable bonds is 9. The molecule has 5 rings (SSSR count). The molecule has 0 aliphatic carbocycles. The van der Waals surface area contributed by atoms with Crippen LogP contribution in [0.25, 0.3) is 11.0 Å². The molecule has 0 fully saturated rings. The summed E-state index contributed by atoms with van der Waals surface area (Å²) in [5, 5.41) is 0.526. The molecule has 6 nitrogen and oxygen atoms in total. The van der Waals surface area contributed by atoms with Crippen LogP contribution in [-0.2, 0) is 6.42 Å². The normalized spacial score (nSPS) is 14.8. The minimum Gasteiger partial charge on any atom is -0.497 e. The summed E-state index contributed by atoms with van der Waals surface area (Å²) in [6.45, 7) is 9.22. The molecule has 0 saturated carbocycles. The van der Waals surface area contributed by atoms with Gasteiger partial charge < -0.3 is 18.8 Å². The smallest absolute Gasteiger partial charge is 0.290 e. The summed E-state index contributed by atoms with van der Waals surface area (Å²) >= 11 is 0. The highest BCUT2D eigenvalue weighted by atomic mass is 16.5. The van der Waals surface area contributed by atoms with Crippen molar-refractivity contribution in [2.45, 2.75) is 46.6 Å². The van der Waals surface area contributed by atoms with Gasteiger partial charge in [-0.2, -0.15) is 0 Å². The van der Waals surface area contributed by atoms with Crippen LogP contribution in [0, 0.1) is 19.8 Å². The molecule has 0 spiro atoms. The SMILES string of the molecule is COc1ccc(CCN2C(=O)c3oc4cc(C)cc(C)c4c(=O)c3C2c2cccc(OCCC(C)C)c2)cc1. The van der Waals surface area contributed by atoms with E-state index in [0.717, 1.165) is 40.2 Å². The van der Waals surface area contributed by atoms with Crippen LogP contribution in [0.3, 0.4) is 0 Å². The Morgan fingerprint density at radius 3 is 2.46 bits per heavy atom. The Labute approximate surface area is 229 Å². The first-order valence-electron chi connectivity index (χ1n) is 13.5. The number of benzene rings is 3. The summed E-state index contributed by atoms with van der Waals surface area (Å²) in [6.07, 6.45) is 1.56. The van der Waals surface area contributed by atoms with E-state index < -0.39 is 6.04 Å². The molecular weight excluding hydrogens is 490 g/mol. The van der Waals surface area contributed by atoms with Crippen LogP contribution in [0.1, 0.15) is 64.7 Å². The van der Waals surface area contributed by atoms with Crippen LogP contribution in [0.2, 0.25) is 0 Å². The van der Waals surface area contributed by atoms with E-state index in [2.05, 4.69) is 13.8 Å². The maximum atomic E-state index is 14.0. The Bertz CT molecular complexity index is 1570. The predicted octanol–water partition coefficient (Wildman–Crippen LogP) is 6.63. The summed E-state index contributed by atoms with van der Waals surface area (Å²) in [5.74, 6) is 1.89. The zero-order chi connectivity index (χ0) is 27.7. The van der Waals surface area contributed by atoms with Gasteiger partial charge in [0.15, 0.2) is 5.43 Å². The van der Waals surface area contributed by atoms with E-state index in [1.54, 1.807) is 12.0 Å². The van der Waals surface area contributed by atoms with E-state index in [1.807, 2.05) is 74.5 Å². The van der Waals surface area contributed by atoms with Crippen molar-refractivity contribution in [2.24, 2.45) is 5.92 Å². The van der Waals surface area contributed by atoms with Crippen molar-refractivity contribution >= 4 is 16.9 Å². The van der Waals surface area contributed by atoms with Gasteiger partial charge in [-0.25, -0.2) is 0 Å². The Hall–Kier alpha value is -4.06. The third-order valence-electron chi connectivity index (χ3n) is 7.35. The number of hydrogen-bond donors (Lipinski definition) is 0. The standard InChI is InChI=1S/C33H35NO5/c1-20(2)14-16-38-26-8-6-7-24(19-26)30-29-31(35)28-22(4)17-21(3)18-27(28)39-32(29)33(36)34(30)15-13-23-9-11-25(37-5)12-10-23/h6-12,17-20,30H,13-16H2,1-5H3. The molecule has 202 valence electrons. The van der Waals surface area contributed by atoms with Gasteiger partial charge in [0.05, 0.1) is 30.7 Å². The lowest BCUT2D eigenvalue weighted by Crippen LogP contribution is -2.31. The summed E-state index contributed by atoms with van der Waals surface area (Å²) in [4.78, 5) is 29.6. The number of nitrogens with zero attached hydrogens (tertiary/aromatic N) is 1. The van der Waals surface area contributed by atoms with Crippen molar-refractivity contribution in [2.75, 3.05) is 20.3 Å². The van der Waals surface area contributed by atoms with Gasteiger partial charge in [0, 0.05) is 6.54 Å². The molecule has 4 aromatic rings. The number of methoxy groups -OCH3 is 1. The first kappa shape index (κ1) is 26.5. The summed E-state index contributed by atoms with van der Waals surface area (Å²) in [7, 11) is 1.64. The van der Waals surface area contributed by atoms with Crippen LogP contribution in [0.15, 0.2) is 69.9 Å². The maximum Gasteiger partial charge on any atom is 0.290 e. The molecule has 39 heavy (non-hydrogen) atoms. The van der Waals surface area contributed by atoms with Gasteiger partial charge in [0.1, 0.15) is 17.1 Å². The topological polar surface area (TPSA) is 69.0 Å². The van der Waals surface area contributed by atoms with Gasteiger partial charge in [-0.05, 0) is 85.2 Å². The Morgan fingerprint density at radius 2 is 1.74 bits per heavy atom. The number of aryl methyl sites for hydroxylation is 2. The summed E-state index contributed by atoms with van der Waals surface area (Å²) in [5.41, 5.74) is 4.41. The minimum absolute atomic E-state index is 0.128. The van der Waals surface area contributed by atoms with Crippen molar-refractivity contribution < 1.29 is 18.7 Å². The second-order valence-electron chi connectivity index (χ2n) is 10.7. The number of fused-ring (bicyclic) bond motifs is 2. The van der Waals surface area contributed by atoms with Gasteiger partial charge in [-0.15, -0.1) is 0 Å². The zero-order valence-electron chi connectivity index (χ0n) is 23.2. The van der Waals surface area contributed by atoms with E-state index in [-0.39, 0.29) is 17.1 Å². The van der Waals surface area contributed by atoms with Crippen molar-refractivity contribution in [3.8, 4) is 11.5 Å². The Balaban J connectivity index is 1.58. The predicted molar refractivity (Wildman–Crippen MR) is 153 cm³/mol. The molecule has 6 heteroatoms. The molecule has 0 radical (unpaired) electrons. The van der Waals surface area contributed by atoms with E-state index in [1.165, 1.54) is 0 Å². The van der Waals surface area contributed by atoms with Gasteiger partial charge in [0.2, 0.25) is 5.76 Å². The second-order valence-corrected chi connectivity index (χ2v) is 10.7. The van der Waals surface area contributed by atoms with Crippen molar-refractivity contribution in [1.29, 1.82) is 0 Å². The lowest BCUT2D eigenvalue weighted by molar-refractivity contribution is 0.0729. The van der Waals surface area contributed by atoms with Crippen LogP contribution < -0.4 is 14.9 Å². The maximum absolute atomic E-state index is 14.0. The van der Waals surface area contributed by atoms with Crippen LogP contribution in [0.5, 0.6) is 11.5 Å². The van der Waals surface area contributed by atoms with E-state index in [4.69, 9.17) is 13.9 Å². The Morgan fingerprint density at radius 1 is 0.974 bits per heavy atom. The fourth-order valence-corrected chi connectivity index (χ4v) is 5.32. The number of carbonyl (C=O) groups is 1. The number of hydrogen-bond acceptors (Lipinski definition) is 5. The van der Waals surface area contributed by atoms with Crippen molar-refractivity contribution in [3.05, 3.63) is 104 Å². The second kappa shape index (κ2) is 11.0. The van der Waals surface area contributed by atoms with Crippen LogP contribution in [-0.4, -0.2) is 31.1 Å². The fourth-order valence-electron chi connectivity index (χ4n) is 5.32. The van der Waals surface area contributed by atoms with Crippen LogP contribution >= 0.6 is 0 Å². The molecule has 1 atom stereocenters. The Kier molecular flexibility index (Phi) is 7.47. The molecule has 0 saturated heterocycles. The van der Waals surface area contributed by atoms with E-state index >= 15 is 0 Å². The molecule has 0 bridgehead atoms. The van der Waals surface area contributed by atoms with Gasteiger partial charge >= 0.3 is 0 Å². The lowest BCUT2D eigenvalue weighted by Gasteiger charge is -2.25. The zero-order valence-corrected chi connectivity index (χ0v) is 23.2. The van der Waals surface area contributed by atoms with Crippen molar-refractivity contribution in [1.82, 2.24) is 4.90 Å². The quantitative estimate of drug-likeness (QED) is 0.245. The van der Waals surface area contributed by atoms with E-state index in [9.17, 15) is 9.59 Å². The number of ether oxygens (including phenoxy) is 2. The number of carbonyl (C=O) groups excluding carboxylic acids is 1. The highest BCUT2D eigenvalue weighted by Gasteiger charge is 2.42. The lowest BCUT2D eigenvalue weighted by atomic mass is 9.96. The first-order chi connectivity index (χ1) is 18.8. The van der Waals surface area contributed by atoms with Crippen molar-refractivity contribution in [3.63, 3.8) is 0 Å². The molecule has 1 aliphatic heterocycles. The van der Waals surface area contributed by atoms with E-state index in [0.29, 0.717) is 42.0 Å². The molecule has 1 aromatic heterocycles. The van der Waals surface area contributed by atoms with Gasteiger partial charge in [0.25, 0.3) is 5.91 Å². The van der Waals surface area contributed by atoms with Crippen LogP contribution in [0.4, 0.5) is 0 Å². The highest BCUT2D eigenvalue weighted by molar-refractivity contribution is 5.99. The van der Waals surface area contributed by atoms with Gasteiger partial charge in [-0.3, -0.25) is 9.59 Å². The van der Waals surface area contributed by atoms with Gasteiger partial charge in [-0.1, -0.05) is 44.2 Å². The number of amides is 1. The molecule has 1 unspecified atom stereocenters. The molecule has 2 heterocycles. The summed E-state index contributed by atoms with van der Waals surface area (Å²) < 4.78 is 17.5. The highest BCUT2D eigenvalue weighted by Crippen LogP contribution is 2.39. The molecule has 3 aromatic carbocycles. The monoisotopic (exact) mass is 525 g/mol.